The molecule has 0 saturated carbocycles. The molecule has 0 aromatic heterocycles. The van der Waals surface area contributed by atoms with Crippen LogP contribution in [0.5, 0.6) is 0 Å². The molecule has 0 saturated heterocycles. The van der Waals surface area contributed by atoms with Gasteiger partial charge in [-0.1, -0.05) is 13.8 Å². The van der Waals surface area contributed by atoms with E-state index in [0.717, 1.165) is 0 Å². The molecule has 0 fully saturated rings. The van der Waals surface area contributed by atoms with Crippen LogP contribution in [0, 0.1) is 5.41 Å². The first-order chi connectivity index (χ1) is 8.39. The number of hydrogen-bond donors (Lipinski definition) is 1. The minimum absolute atomic E-state index is 0.0705. The number of rotatable bonds is 5. The summed E-state index contributed by atoms with van der Waals surface area (Å²) in [5.74, 6) is 0.0465. The van der Waals surface area contributed by atoms with Crippen molar-refractivity contribution in [1.82, 2.24) is 0 Å². The van der Waals surface area contributed by atoms with Crippen LogP contribution in [-0.2, 0) is 14.3 Å². The van der Waals surface area contributed by atoms with E-state index in [1.807, 2.05) is 13.8 Å². The van der Waals surface area contributed by atoms with E-state index in [4.69, 9.17) is 9.47 Å². The van der Waals surface area contributed by atoms with Crippen molar-refractivity contribution < 1.29 is 19.4 Å². The van der Waals surface area contributed by atoms with Gasteiger partial charge in [0, 0.05) is 33.3 Å². The molecule has 0 amide bonds. The molecule has 0 aliphatic heterocycles. The van der Waals surface area contributed by atoms with Crippen LogP contribution in [0.25, 0.3) is 0 Å². The predicted octanol–water partition coefficient (Wildman–Crippen LogP) is 1.88. The largest absolute Gasteiger partial charge is 0.511 e. The van der Waals surface area contributed by atoms with Crippen molar-refractivity contribution in [3.63, 3.8) is 0 Å². The average Bonchev–Trinajstić information content (AvgIpc) is 2.26. The fraction of sp³-hybridized carbons (Fsp3) is 0.692. The number of methoxy groups -OCH3 is 2. The van der Waals surface area contributed by atoms with Crippen LogP contribution in [0.4, 0.5) is 0 Å². The van der Waals surface area contributed by atoms with Gasteiger partial charge in [-0.2, -0.15) is 0 Å². The van der Waals surface area contributed by atoms with Crippen molar-refractivity contribution in [3.8, 4) is 0 Å². The third-order valence-electron chi connectivity index (χ3n) is 2.90. The number of aliphatic hydroxyl groups excluding tert-OH is 1. The normalized spacial score (nSPS) is 20.2. The van der Waals surface area contributed by atoms with Crippen LogP contribution in [0.2, 0.25) is 0 Å². The molecular weight excluding hydrogens is 234 g/mol. The lowest BCUT2D eigenvalue weighted by molar-refractivity contribution is -0.117. The Hall–Kier alpha value is -1.20. The van der Waals surface area contributed by atoms with E-state index in [-0.39, 0.29) is 17.0 Å². The number of ketones is 1. The monoisotopic (exact) mass is 255 g/mol. The molecule has 18 heavy (non-hydrogen) atoms. The summed E-state index contributed by atoms with van der Waals surface area (Å²) in [5.41, 5.74) is 0.125. The number of carbonyl (C=O) groups excluding carboxylic acids is 1. The third kappa shape index (κ3) is 3.92. The van der Waals surface area contributed by atoms with Crippen molar-refractivity contribution in [2.75, 3.05) is 20.8 Å². The quantitative estimate of drug-likeness (QED) is 0.601. The Labute approximate surface area is 108 Å². The van der Waals surface area contributed by atoms with Crippen molar-refractivity contribution in [3.05, 3.63) is 11.3 Å². The first-order valence-electron chi connectivity index (χ1n) is 5.90. The zero-order valence-corrected chi connectivity index (χ0v) is 11.4. The van der Waals surface area contributed by atoms with Crippen molar-refractivity contribution in [2.24, 2.45) is 10.4 Å². The lowest BCUT2D eigenvalue weighted by Crippen LogP contribution is -2.26. The van der Waals surface area contributed by atoms with Crippen molar-refractivity contribution in [2.45, 2.75) is 33.0 Å². The SMILES string of the molecule is COC(CN=CC1=C(O)CC(C)(C)CC1=O)OC. The highest BCUT2D eigenvalue weighted by Crippen LogP contribution is 2.35. The Bertz CT molecular complexity index is 367. The van der Waals surface area contributed by atoms with Crippen molar-refractivity contribution >= 4 is 12.0 Å². The molecule has 0 atom stereocenters. The van der Waals surface area contributed by atoms with Gasteiger partial charge in [0.1, 0.15) is 5.76 Å². The Morgan fingerprint density at radius 2 is 2.00 bits per heavy atom. The van der Waals surface area contributed by atoms with Crippen molar-refractivity contribution in [1.29, 1.82) is 0 Å². The Morgan fingerprint density at radius 3 is 2.50 bits per heavy atom. The molecule has 0 spiro atoms. The highest BCUT2D eigenvalue weighted by Gasteiger charge is 2.32. The van der Waals surface area contributed by atoms with Gasteiger partial charge < -0.3 is 14.6 Å². The molecule has 1 aliphatic carbocycles. The minimum atomic E-state index is -0.431. The summed E-state index contributed by atoms with van der Waals surface area (Å²) in [6.45, 7) is 4.21. The van der Waals surface area contributed by atoms with E-state index >= 15 is 0 Å². The minimum Gasteiger partial charge on any atom is -0.511 e. The molecule has 0 bridgehead atoms. The summed E-state index contributed by atoms with van der Waals surface area (Å²) < 4.78 is 9.95. The summed E-state index contributed by atoms with van der Waals surface area (Å²) in [6.07, 6.45) is 1.91. The highest BCUT2D eigenvalue weighted by atomic mass is 16.7. The molecule has 0 unspecified atom stereocenters. The Kier molecular flexibility index (Phi) is 5.04. The zero-order chi connectivity index (χ0) is 13.8. The van der Waals surface area contributed by atoms with E-state index in [2.05, 4.69) is 4.99 Å². The van der Waals surface area contributed by atoms with Gasteiger partial charge in [0.05, 0.1) is 12.1 Å². The molecule has 1 aliphatic rings. The van der Waals surface area contributed by atoms with E-state index in [0.29, 0.717) is 25.0 Å². The number of ether oxygens (including phenoxy) is 2. The fourth-order valence-electron chi connectivity index (χ4n) is 1.92. The maximum Gasteiger partial charge on any atom is 0.176 e. The van der Waals surface area contributed by atoms with Gasteiger partial charge >= 0.3 is 0 Å². The van der Waals surface area contributed by atoms with Crippen LogP contribution in [-0.4, -0.2) is 44.2 Å². The smallest absolute Gasteiger partial charge is 0.176 e. The molecule has 0 radical (unpaired) electrons. The summed E-state index contributed by atoms with van der Waals surface area (Å²) >= 11 is 0. The number of Topliss-reactive ketones (excluding diaryl/α,β-unsaturated/α-hetero) is 1. The molecule has 0 heterocycles. The average molecular weight is 255 g/mol. The van der Waals surface area contributed by atoms with E-state index < -0.39 is 6.29 Å². The second kappa shape index (κ2) is 6.11. The number of carbonyl (C=O) groups is 1. The summed E-state index contributed by atoms with van der Waals surface area (Å²) in [4.78, 5) is 15.9. The van der Waals surface area contributed by atoms with E-state index in [9.17, 15) is 9.90 Å². The van der Waals surface area contributed by atoms with Gasteiger partial charge in [-0.25, -0.2) is 0 Å². The maximum absolute atomic E-state index is 11.9. The lowest BCUT2D eigenvalue weighted by Gasteiger charge is -2.28. The molecule has 5 heteroatoms. The molecule has 0 aromatic rings. The molecule has 0 aromatic carbocycles. The first kappa shape index (κ1) is 14.9. The van der Waals surface area contributed by atoms with Gasteiger partial charge in [0.2, 0.25) is 0 Å². The van der Waals surface area contributed by atoms with Gasteiger partial charge in [-0.05, 0) is 5.41 Å². The predicted molar refractivity (Wildman–Crippen MR) is 68.8 cm³/mol. The lowest BCUT2D eigenvalue weighted by atomic mass is 9.77. The second-order valence-corrected chi connectivity index (χ2v) is 5.20. The standard InChI is InChI=1S/C13H21NO4/c1-13(2)5-10(15)9(11(16)6-13)7-14-8-12(17-3)18-4/h7,12,15H,5-6,8H2,1-4H3. The molecule has 1 N–H and O–H groups in total. The maximum atomic E-state index is 11.9. The Balaban J connectivity index is 2.71. The summed E-state index contributed by atoms with van der Waals surface area (Å²) in [6, 6.07) is 0. The highest BCUT2D eigenvalue weighted by molar-refractivity contribution is 6.14. The van der Waals surface area contributed by atoms with Crippen LogP contribution in [0.3, 0.4) is 0 Å². The number of nitrogens with zero attached hydrogens (tertiary/aromatic N) is 1. The van der Waals surface area contributed by atoms with E-state index in [1.165, 1.54) is 20.4 Å². The van der Waals surface area contributed by atoms with Crippen LogP contribution >= 0.6 is 0 Å². The van der Waals surface area contributed by atoms with Crippen LogP contribution in [0.1, 0.15) is 26.7 Å². The Morgan fingerprint density at radius 1 is 1.39 bits per heavy atom. The zero-order valence-electron chi connectivity index (χ0n) is 11.4. The van der Waals surface area contributed by atoms with E-state index in [1.54, 1.807) is 0 Å². The molecular formula is C13H21NO4. The fourth-order valence-corrected chi connectivity index (χ4v) is 1.92. The van der Waals surface area contributed by atoms with Gasteiger partial charge in [-0.3, -0.25) is 9.79 Å². The van der Waals surface area contributed by atoms with Crippen LogP contribution in [0.15, 0.2) is 16.3 Å². The summed E-state index contributed by atoms with van der Waals surface area (Å²) in [5, 5.41) is 9.86. The summed E-state index contributed by atoms with van der Waals surface area (Å²) in [7, 11) is 3.05. The number of aliphatic imine (C=N–C) groups is 1. The van der Waals surface area contributed by atoms with Gasteiger partial charge in [0.25, 0.3) is 0 Å². The number of allylic oxidation sites excluding steroid dienone is 2. The molecule has 1 rings (SSSR count). The second-order valence-electron chi connectivity index (χ2n) is 5.20. The van der Waals surface area contributed by atoms with Gasteiger partial charge in [-0.15, -0.1) is 0 Å². The molecule has 5 nitrogen and oxygen atoms in total. The van der Waals surface area contributed by atoms with Crippen LogP contribution < -0.4 is 0 Å². The third-order valence-corrected chi connectivity index (χ3v) is 2.90. The van der Waals surface area contributed by atoms with Gasteiger partial charge in [0.15, 0.2) is 12.1 Å². The first-order valence-corrected chi connectivity index (χ1v) is 5.90. The number of hydrogen-bond acceptors (Lipinski definition) is 5. The number of aliphatic hydroxyl groups is 1. The topological polar surface area (TPSA) is 68.1 Å². The molecule has 102 valence electrons.